The van der Waals surface area contributed by atoms with Gasteiger partial charge in [-0.15, -0.1) is 0 Å². The van der Waals surface area contributed by atoms with Crippen LogP contribution in [-0.2, 0) is 9.53 Å². The molecular weight excluding hydrogens is 426 g/mol. The van der Waals surface area contributed by atoms with E-state index in [9.17, 15) is 10.1 Å². The van der Waals surface area contributed by atoms with Gasteiger partial charge >= 0.3 is 5.97 Å². The Balaban J connectivity index is 1.68. The van der Waals surface area contributed by atoms with Gasteiger partial charge in [0.1, 0.15) is 11.8 Å². The fourth-order valence-electron chi connectivity index (χ4n) is 4.73. The topological polar surface area (TPSA) is 79.4 Å². The van der Waals surface area contributed by atoms with E-state index < -0.39 is 0 Å². The zero-order valence-corrected chi connectivity index (χ0v) is 19.0. The summed E-state index contributed by atoms with van der Waals surface area (Å²) in [4.78, 5) is 19.0. The Hall–Kier alpha value is -4.11. The fourth-order valence-corrected chi connectivity index (χ4v) is 4.73. The minimum Gasteiger partial charge on any atom is -0.466 e. The number of esters is 1. The molecule has 1 saturated heterocycles. The summed E-state index contributed by atoms with van der Waals surface area (Å²) in [5, 5.41) is 10.8. The minimum absolute atomic E-state index is 0.114. The average molecular weight is 452 g/mol. The maximum Gasteiger partial charge on any atom is 0.309 e. The van der Waals surface area contributed by atoms with Crippen LogP contribution in [0, 0.1) is 17.2 Å². The zero-order chi connectivity index (χ0) is 23.5. The molecule has 0 spiro atoms. The third kappa shape index (κ3) is 3.90. The van der Waals surface area contributed by atoms with Gasteiger partial charge in [0.15, 0.2) is 0 Å². The van der Waals surface area contributed by atoms with Crippen LogP contribution in [0.3, 0.4) is 0 Å². The number of ether oxygens (including phenoxy) is 1. The number of piperidine rings is 1. The van der Waals surface area contributed by atoms with Crippen LogP contribution in [0.2, 0.25) is 0 Å². The first-order valence-electron chi connectivity index (χ1n) is 11.6. The van der Waals surface area contributed by atoms with Crippen LogP contribution in [0.4, 0.5) is 5.69 Å². The summed E-state index contributed by atoms with van der Waals surface area (Å²) in [6.07, 6.45) is 2.94. The Labute approximate surface area is 198 Å². The number of nitriles is 1. The molecule has 0 bridgehead atoms. The van der Waals surface area contributed by atoms with Crippen molar-refractivity contribution in [1.82, 2.24) is 4.98 Å². The van der Waals surface area contributed by atoms with Crippen molar-refractivity contribution in [2.24, 2.45) is 5.92 Å². The Morgan fingerprint density at radius 1 is 1.09 bits per heavy atom. The lowest BCUT2D eigenvalue weighted by atomic mass is 9.94. The second kappa shape index (κ2) is 9.40. The van der Waals surface area contributed by atoms with E-state index in [1.54, 1.807) is 6.20 Å². The molecule has 1 aliphatic rings. The zero-order valence-electron chi connectivity index (χ0n) is 19.0. The maximum atomic E-state index is 12.3. The average Bonchev–Trinajstić information content (AvgIpc) is 3.29. The first-order chi connectivity index (χ1) is 16.7. The van der Waals surface area contributed by atoms with Crippen molar-refractivity contribution in [3.8, 4) is 28.5 Å². The first-order valence-corrected chi connectivity index (χ1v) is 11.6. The van der Waals surface area contributed by atoms with Gasteiger partial charge in [0.2, 0.25) is 5.71 Å². The molecule has 2 aromatic carbocycles. The lowest BCUT2D eigenvalue weighted by Gasteiger charge is -2.33. The molecule has 6 nitrogen and oxygen atoms in total. The highest BCUT2D eigenvalue weighted by atomic mass is 16.5. The summed E-state index contributed by atoms with van der Waals surface area (Å²) in [5.41, 5.74) is 4.69. The van der Waals surface area contributed by atoms with Gasteiger partial charge in [0, 0.05) is 24.2 Å². The number of nitrogens with zero attached hydrogens (tertiary/aromatic N) is 3. The summed E-state index contributed by atoms with van der Waals surface area (Å²) in [6.45, 7) is 3.52. The Kier molecular flexibility index (Phi) is 6.01. The fraction of sp³-hybridized carbons (Fsp3) is 0.250. The van der Waals surface area contributed by atoms with E-state index in [-0.39, 0.29) is 11.9 Å². The number of benzene rings is 2. The van der Waals surface area contributed by atoms with Crippen molar-refractivity contribution in [3.05, 3.63) is 72.4 Å². The van der Waals surface area contributed by atoms with Crippen molar-refractivity contribution < 1.29 is 13.9 Å². The molecule has 2 aromatic heterocycles. The molecule has 0 aliphatic carbocycles. The predicted molar refractivity (Wildman–Crippen MR) is 131 cm³/mol. The molecule has 0 saturated carbocycles. The van der Waals surface area contributed by atoms with Crippen LogP contribution in [0.15, 0.2) is 71.3 Å². The van der Waals surface area contributed by atoms with Gasteiger partial charge in [-0.05, 0) is 25.3 Å². The molecule has 6 heteroatoms. The van der Waals surface area contributed by atoms with E-state index in [0.29, 0.717) is 43.8 Å². The number of anilines is 1. The lowest BCUT2D eigenvalue weighted by Crippen LogP contribution is -2.37. The SMILES string of the molecule is CCOC(=O)C1CCN(c2c(C#N)cnc3oc(-c4ccccc4)c(-c4ccccc4)c23)CC1. The second-order valence-electron chi connectivity index (χ2n) is 8.36. The number of rotatable bonds is 5. The number of aromatic nitrogens is 1. The highest BCUT2D eigenvalue weighted by Gasteiger charge is 2.31. The number of carbonyl (C=O) groups is 1. The number of furan rings is 1. The predicted octanol–water partition coefficient (Wildman–Crippen LogP) is 5.81. The van der Waals surface area contributed by atoms with Gasteiger partial charge in [-0.2, -0.15) is 5.26 Å². The molecule has 1 aliphatic heterocycles. The molecule has 170 valence electrons. The first kappa shape index (κ1) is 21.7. The monoisotopic (exact) mass is 451 g/mol. The van der Waals surface area contributed by atoms with Gasteiger partial charge in [0.25, 0.3) is 0 Å². The lowest BCUT2D eigenvalue weighted by molar-refractivity contribution is -0.148. The molecule has 34 heavy (non-hydrogen) atoms. The molecule has 0 amide bonds. The minimum atomic E-state index is -0.137. The van der Waals surface area contributed by atoms with Crippen LogP contribution in [0.25, 0.3) is 33.6 Å². The van der Waals surface area contributed by atoms with E-state index in [2.05, 4.69) is 16.0 Å². The van der Waals surface area contributed by atoms with Crippen LogP contribution in [-0.4, -0.2) is 30.6 Å². The number of carbonyl (C=O) groups excluding carboxylic acids is 1. The summed E-state index contributed by atoms with van der Waals surface area (Å²) in [6, 6.07) is 22.4. The summed E-state index contributed by atoms with van der Waals surface area (Å²) in [5.74, 6) is 0.478. The Morgan fingerprint density at radius 3 is 2.35 bits per heavy atom. The summed E-state index contributed by atoms with van der Waals surface area (Å²) in [7, 11) is 0. The van der Waals surface area contributed by atoms with Crippen molar-refractivity contribution in [3.63, 3.8) is 0 Å². The molecule has 4 aromatic rings. The number of fused-ring (bicyclic) bond motifs is 1. The molecule has 0 unspecified atom stereocenters. The number of pyridine rings is 1. The third-order valence-electron chi connectivity index (χ3n) is 6.34. The van der Waals surface area contributed by atoms with Crippen LogP contribution in [0.5, 0.6) is 0 Å². The van der Waals surface area contributed by atoms with Crippen molar-refractivity contribution in [2.45, 2.75) is 19.8 Å². The van der Waals surface area contributed by atoms with Gasteiger partial charge in [-0.1, -0.05) is 60.7 Å². The van der Waals surface area contributed by atoms with Gasteiger partial charge in [-0.3, -0.25) is 4.79 Å². The highest BCUT2D eigenvalue weighted by Crippen LogP contribution is 2.45. The number of hydrogen-bond acceptors (Lipinski definition) is 6. The van der Waals surface area contributed by atoms with Gasteiger partial charge < -0.3 is 14.1 Å². The molecule has 3 heterocycles. The maximum absolute atomic E-state index is 12.3. The van der Waals surface area contributed by atoms with Crippen molar-refractivity contribution in [2.75, 3.05) is 24.6 Å². The molecule has 0 N–H and O–H groups in total. The van der Waals surface area contributed by atoms with E-state index >= 15 is 0 Å². The van der Waals surface area contributed by atoms with Crippen molar-refractivity contribution in [1.29, 1.82) is 5.26 Å². The molecule has 0 atom stereocenters. The Bertz CT molecular complexity index is 1350. The third-order valence-corrected chi connectivity index (χ3v) is 6.34. The summed E-state index contributed by atoms with van der Waals surface area (Å²) >= 11 is 0. The summed E-state index contributed by atoms with van der Waals surface area (Å²) < 4.78 is 11.6. The molecule has 1 fully saturated rings. The van der Waals surface area contributed by atoms with E-state index in [4.69, 9.17) is 9.15 Å². The van der Waals surface area contributed by atoms with E-state index in [0.717, 1.165) is 33.5 Å². The van der Waals surface area contributed by atoms with Crippen LogP contribution in [0.1, 0.15) is 25.3 Å². The van der Waals surface area contributed by atoms with Crippen LogP contribution >= 0.6 is 0 Å². The van der Waals surface area contributed by atoms with Gasteiger partial charge in [0.05, 0.1) is 35.4 Å². The molecular formula is C28H25N3O3. The van der Waals surface area contributed by atoms with E-state index in [1.165, 1.54) is 0 Å². The molecule has 5 rings (SSSR count). The van der Waals surface area contributed by atoms with Crippen LogP contribution < -0.4 is 4.90 Å². The largest absolute Gasteiger partial charge is 0.466 e. The van der Waals surface area contributed by atoms with E-state index in [1.807, 2.05) is 67.6 Å². The van der Waals surface area contributed by atoms with Gasteiger partial charge in [-0.25, -0.2) is 4.98 Å². The Morgan fingerprint density at radius 2 is 1.74 bits per heavy atom. The standard InChI is InChI=1S/C28H25N3O3/c1-2-33-28(32)21-13-15-31(16-14-21)25-22(17-29)18-30-27-24(25)23(19-9-5-3-6-10-19)26(34-27)20-11-7-4-8-12-20/h3-12,18,21H,2,13-16H2,1H3. The normalized spacial score (nSPS) is 14.2. The number of hydrogen-bond donors (Lipinski definition) is 0. The van der Waals surface area contributed by atoms with Crippen molar-refractivity contribution >= 4 is 22.8 Å². The second-order valence-corrected chi connectivity index (χ2v) is 8.36. The smallest absolute Gasteiger partial charge is 0.309 e. The molecule has 0 radical (unpaired) electrons. The quantitative estimate of drug-likeness (QED) is 0.356. The highest BCUT2D eigenvalue weighted by molar-refractivity contribution is 6.08.